The van der Waals surface area contributed by atoms with Crippen molar-refractivity contribution in [2.24, 2.45) is 5.10 Å². The Bertz CT molecular complexity index is 1430. The SMILES string of the molecule is Cc1c(C(=O)Nc2cccc3ncccc23)oc2c1/C(=N/Nc1ccc([N+](=O)[O-])cc1)CCC2. The van der Waals surface area contributed by atoms with Crippen molar-refractivity contribution < 1.29 is 14.1 Å². The van der Waals surface area contributed by atoms with Crippen LogP contribution in [0.25, 0.3) is 10.9 Å². The highest BCUT2D eigenvalue weighted by Crippen LogP contribution is 2.31. The minimum Gasteiger partial charge on any atom is -0.455 e. The third kappa shape index (κ3) is 3.99. The number of hydrogen-bond acceptors (Lipinski definition) is 7. The molecule has 1 aliphatic rings. The second-order valence-electron chi connectivity index (χ2n) is 8.01. The van der Waals surface area contributed by atoms with E-state index in [1.54, 1.807) is 18.3 Å². The van der Waals surface area contributed by atoms with Gasteiger partial charge in [-0.05, 0) is 56.2 Å². The molecule has 0 radical (unpaired) electrons. The number of rotatable bonds is 5. The van der Waals surface area contributed by atoms with Crippen molar-refractivity contribution in [3.05, 3.63) is 93.6 Å². The zero-order valence-electron chi connectivity index (χ0n) is 18.4. The fourth-order valence-electron chi connectivity index (χ4n) is 4.18. The van der Waals surface area contributed by atoms with Crippen LogP contribution in [0.15, 0.2) is 70.3 Å². The van der Waals surface area contributed by atoms with Crippen LogP contribution in [0.5, 0.6) is 0 Å². The van der Waals surface area contributed by atoms with Gasteiger partial charge >= 0.3 is 0 Å². The fourth-order valence-corrected chi connectivity index (χ4v) is 4.18. The van der Waals surface area contributed by atoms with Crippen molar-refractivity contribution in [3.8, 4) is 0 Å². The number of anilines is 2. The van der Waals surface area contributed by atoms with E-state index >= 15 is 0 Å². The van der Waals surface area contributed by atoms with Crippen molar-refractivity contribution in [2.45, 2.75) is 26.2 Å². The van der Waals surface area contributed by atoms with Crippen molar-refractivity contribution in [2.75, 3.05) is 10.7 Å². The summed E-state index contributed by atoms with van der Waals surface area (Å²) in [6.07, 6.45) is 4.00. The van der Waals surface area contributed by atoms with E-state index < -0.39 is 4.92 Å². The molecule has 0 saturated heterocycles. The lowest BCUT2D eigenvalue weighted by Gasteiger charge is -2.13. The quantitative estimate of drug-likeness (QED) is 0.305. The number of nitrogens with zero attached hydrogens (tertiary/aromatic N) is 3. The van der Waals surface area contributed by atoms with Crippen LogP contribution in [0.1, 0.15) is 40.3 Å². The van der Waals surface area contributed by atoms with E-state index in [2.05, 4.69) is 20.8 Å². The van der Waals surface area contributed by atoms with Gasteiger partial charge in [0.2, 0.25) is 0 Å². The van der Waals surface area contributed by atoms with E-state index in [0.29, 0.717) is 11.4 Å². The fraction of sp³-hybridized carbons (Fsp3) is 0.160. The largest absolute Gasteiger partial charge is 0.455 e. The molecule has 0 unspecified atom stereocenters. The van der Waals surface area contributed by atoms with Gasteiger partial charge in [0.1, 0.15) is 5.76 Å². The van der Waals surface area contributed by atoms with Gasteiger partial charge in [0.25, 0.3) is 11.6 Å². The van der Waals surface area contributed by atoms with E-state index in [1.165, 1.54) is 12.1 Å². The number of aryl methyl sites for hydroxylation is 1. The maximum Gasteiger partial charge on any atom is 0.291 e. The molecule has 170 valence electrons. The van der Waals surface area contributed by atoms with E-state index in [4.69, 9.17) is 4.42 Å². The van der Waals surface area contributed by atoms with Crippen LogP contribution < -0.4 is 10.7 Å². The number of aromatic nitrogens is 1. The number of nitrogens with one attached hydrogen (secondary N) is 2. The number of hydrogen-bond donors (Lipinski definition) is 2. The Labute approximate surface area is 194 Å². The van der Waals surface area contributed by atoms with E-state index in [9.17, 15) is 14.9 Å². The molecule has 0 spiro atoms. The van der Waals surface area contributed by atoms with Crippen LogP contribution in [0.3, 0.4) is 0 Å². The standard InChI is InChI=1S/C25H21N5O4/c1-15-23-21(29-28-16-10-12-17(13-11-16)30(32)33)8-3-9-22(23)34-24(15)25(31)27-20-7-2-6-19-18(20)5-4-14-26-19/h2,4-7,10-14,28H,3,8-9H2,1H3,(H,27,31)/b29-21+. The highest BCUT2D eigenvalue weighted by Gasteiger charge is 2.28. The third-order valence-corrected chi connectivity index (χ3v) is 5.82. The first-order valence-corrected chi connectivity index (χ1v) is 10.9. The number of non-ortho nitro benzene ring substituents is 1. The van der Waals surface area contributed by atoms with Gasteiger partial charge in [-0.2, -0.15) is 5.10 Å². The van der Waals surface area contributed by atoms with E-state index in [0.717, 1.165) is 52.8 Å². The van der Waals surface area contributed by atoms with Crippen molar-refractivity contribution in [3.63, 3.8) is 0 Å². The summed E-state index contributed by atoms with van der Waals surface area (Å²) in [6.45, 7) is 1.86. The number of nitro benzene ring substituents is 1. The normalized spacial score (nSPS) is 14.1. The molecule has 5 rings (SSSR count). The molecular weight excluding hydrogens is 434 g/mol. The molecule has 2 aromatic heterocycles. The minimum absolute atomic E-state index is 0.0152. The number of carbonyl (C=O) groups is 1. The molecule has 2 aromatic carbocycles. The molecule has 1 aliphatic carbocycles. The number of fused-ring (bicyclic) bond motifs is 2. The van der Waals surface area contributed by atoms with Gasteiger partial charge in [-0.15, -0.1) is 0 Å². The van der Waals surface area contributed by atoms with Crippen LogP contribution in [-0.2, 0) is 6.42 Å². The lowest BCUT2D eigenvalue weighted by Crippen LogP contribution is -2.14. The van der Waals surface area contributed by atoms with Gasteiger partial charge in [-0.3, -0.25) is 25.3 Å². The first-order valence-electron chi connectivity index (χ1n) is 10.9. The monoisotopic (exact) mass is 455 g/mol. The Hall–Kier alpha value is -4.53. The van der Waals surface area contributed by atoms with Crippen LogP contribution in [0.4, 0.5) is 17.1 Å². The maximum atomic E-state index is 13.1. The molecule has 0 atom stereocenters. The van der Waals surface area contributed by atoms with Crippen molar-refractivity contribution >= 4 is 39.6 Å². The molecule has 2 heterocycles. The number of benzene rings is 2. The summed E-state index contributed by atoms with van der Waals surface area (Å²) in [5.74, 6) is 0.666. The summed E-state index contributed by atoms with van der Waals surface area (Å²) in [4.78, 5) is 27.9. The molecule has 1 amide bonds. The topological polar surface area (TPSA) is 123 Å². The van der Waals surface area contributed by atoms with Crippen LogP contribution in [-0.4, -0.2) is 21.5 Å². The van der Waals surface area contributed by atoms with Crippen LogP contribution in [0, 0.1) is 17.0 Å². The van der Waals surface area contributed by atoms with Gasteiger partial charge in [0.05, 0.1) is 27.5 Å². The van der Waals surface area contributed by atoms with Gasteiger partial charge in [0.15, 0.2) is 5.76 Å². The lowest BCUT2D eigenvalue weighted by molar-refractivity contribution is -0.384. The summed E-state index contributed by atoms with van der Waals surface area (Å²) < 4.78 is 6.00. The van der Waals surface area contributed by atoms with Crippen molar-refractivity contribution in [1.82, 2.24) is 4.98 Å². The Morgan fingerprint density at radius 3 is 2.74 bits per heavy atom. The Morgan fingerprint density at radius 1 is 1.12 bits per heavy atom. The van der Waals surface area contributed by atoms with E-state index in [-0.39, 0.29) is 17.4 Å². The van der Waals surface area contributed by atoms with Gasteiger partial charge in [-0.25, -0.2) is 0 Å². The Morgan fingerprint density at radius 2 is 1.94 bits per heavy atom. The highest BCUT2D eigenvalue weighted by molar-refractivity contribution is 6.11. The second kappa shape index (κ2) is 8.78. The average molecular weight is 455 g/mol. The first-order chi connectivity index (χ1) is 16.5. The molecule has 34 heavy (non-hydrogen) atoms. The third-order valence-electron chi connectivity index (χ3n) is 5.82. The highest BCUT2D eigenvalue weighted by atomic mass is 16.6. The zero-order chi connectivity index (χ0) is 23.7. The summed E-state index contributed by atoms with van der Waals surface area (Å²) in [6, 6.07) is 15.4. The maximum absolute atomic E-state index is 13.1. The molecule has 2 N–H and O–H groups in total. The average Bonchev–Trinajstić information content (AvgIpc) is 3.20. The first kappa shape index (κ1) is 21.3. The summed E-state index contributed by atoms with van der Waals surface area (Å²) in [7, 11) is 0. The summed E-state index contributed by atoms with van der Waals surface area (Å²) in [5, 5.41) is 19.2. The molecule has 9 heteroatoms. The Kier molecular flexibility index (Phi) is 5.51. The molecule has 4 aromatic rings. The van der Waals surface area contributed by atoms with E-state index in [1.807, 2.05) is 37.3 Å². The molecular formula is C25H21N5O4. The van der Waals surface area contributed by atoms with Gasteiger partial charge < -0.3 is 9.73 Å². The predicted octanol–water partition coefficient (Wildman–Crippen LogP) is 5.45. The second-order valence-corrected chi connectivity index (χ2v) is 8.01. The summed E-state index contributed by atoms with van der Waals surface area (Å²) >= 11 is 0. The van der Waals surface area contributed by atoms with Gasteiger partial charge in [0, 0.05) is 41.3 Å². The number of hydrazone groups is 1. The zero-order valence-corrected chi connectivity index (χ0v) is 18.4. The molecule has 0 bridgehead atoms. The molecule has 0 fully saturated rings. The lowest BCUT2D eigenvalue weighted by atomic mass is 9.93. The Balaban J connectivity index is 1.41. The number of carbonyl (C=O) groups excluding carboxylic acids is 1. The summed E-state index contributed by atoms with van der Waals surface area (Å²) in [5.41, 5.74) is 7.43. The number of furan rings is 1. The minimum atomic E-state index is -0.445. The van der Waals surface area contributed by atoms with Crippen LogP contribution in [0.2, 0.25) is 0 Å². The molecule has 0 aliphatic heterocycles. The number of pyridine rings is 1. The smallest absolute Gasteiger partial charge is 0.291 e. The molecule has 9 nitrogen and oxygen atoms in total. The van der Waals surface area contributed by atoms with Gasteiger partial charge in [-0.1, -0.05) is 6.07 Å². The number of amides is 1. The predicted molar refractivity (Wildman–Crippen MR) is 129 cm³/mol. The molecule has 0 saturated carbocycles. The van der Waals surface area contributed by atoms with Crippen LogP contribution >= 0.6 is 0 Å². The number of nitro groups is 1. The van der Waals surface area contributed by atoms with Crippen molar-refractivity contribution in [1.29, 1.82) is 0 Å².